The number of hydrogen-bond acceptors (Lipinski definition) is 7. The van der Waals surface area contributed by atoms with Crippen LogP contribution in [-0.4, -0.2) is 52.9 Å². The summed E-state index contributed by atoms with van der Waals surface area (Å²) in [6, 6.07) is 7.44. The Kier molecular flexibility index (Phi) is 7.51. The Hall–Kier alpha value is -3.51. The molecule has 0 radical (unpaired) electrons. The lowest BCUT2D eigenvalue weighted by Crippen LogP contribution is -2.46. The van der Waals surface area contributed by atoms with E-state index in [-0.39, 0.29) is 11.6 Å². The van der Waals surface area contributed by atoms with Gasteiger partial charge in [-0.2, -0.15) is 5.26 Å². The van der Waals surface area contributed by atoms with E-state index in [2.05, 4.69) is 30.4 Å². The molecule has 0 unspecified atom stereocenters. The molecule has 2 amide bonds. The second-order valence-electron chi connectivity index (χ2n) is 7.48. The second kappa shape index (κ2) is 10.5. The first-order valence-corrected chi connectivity index (χ1v) is 10.4. The first-order chi connectivity index (χ1) is 15.0. The molecule has 3 heterocycles. The lowest BCUT2D eigenvalue weighted by Gasteiger charge is -2.36. The van der Waals surface area contributed by atoms with Gasteiger partial charge in [0.15, 0.2) is 6.19 Å². The van der Waals surface area contributed by atoms with Crippen molar-refractivity contribution in [2.45, 2.75) is 33.2 Å². The monoisotopic (exact) mass is 421 g/mol. The minimum absolute atomic E-state index is 0.0131. The number of aryl methyl sites for hydroxylation is 1. The molecule has 2 N–H and O–H groups in total. The fraction of sp³-hybridized carbons (Fsp3) is 0.409. The molecule has 1 aliphatic heterocycles. The van der Waals surface area contributed by atoms with Gasteiger partial charge in [0.1, 0.15) is 11.5 Å². The van der Waals surface area contributed by atoms with Crippen LogP contribution >= 0.6 is 0 Å². The molecule has 0 saturated carbocycles. The average molecular weight is 422 g/mol. The Labute approximate surface area is 182 Å². The standard InChI is InChI=1S/C22H27N7O2/c1-3-4-21(30)27-20-13-17(7-8-24-20)14-28-9-11-29(12-10-28)19-6-5-18(26-16(19)2)22(31)25-15-23/h5-8,13H,3-4,9-12,14H2,1-2H3,(H,25,31)(H,24,27,30). The van der Waals surface area contributed by atoms with Gasteiger partial charge in [-0.3, -0.25) is 19.8 Å². The van der Waals surface area contributed by atoms with Crippen molar-refractivity contribution in [1.82, 2.24) is 20.2 Å². The Balaban J connectivity index is 1.56. The summed E-state index contributed by atoms with van der Waals surface area (Å²) in [5.74, 6) is 0.0854. The number of carbonyl (C=O) groups excluding carboxylic acids is 2. The van der Waals surface area contributed by atoms with Crippen molar-refractivity contribution in [3.05, 3.63) is 47.4 Å². The molecule has 0 aliphatic carbocycles. The number of hydrogen-bond donors (Lipinski definition) is 2. The van der Waals surface area contributed by atoms with Gasteiger partial charge in [-0.1, -0.05) is 6.92 Å². The van der Waals surface area contributed by atoms with Gasteiger partial charge in [-0.25, -0.2) is 9.97 Å². The normalized spacial score (nSPS) is 14.0. The van der Waals surface area contributed by atoms with Gasteiger partial charge in [0.2, 0.25) is 5.91 Å². The summed E-state index contributed by atoms with van der Waals surface area (Å²) in [5, 5.41) is 13.5. The van der Waals surface area contributed by atoms with E-state index < -0.39 is 5.91 Å². The third-order valence-corrected chi connectivity index (χ3v) is 5.15. The Bertz CT molecular complexity index is 978. The summed E-state index contributed by atoms with van der Waals surface area (Å²) in [4.78, 5) is 36.8. The van der Waals surface area contributed by atoms with E-state index in [1.165, 1.54) is 0 Å². The zero-order valence-electron chi connectivity index (χ0n) is 17.9. The maximum Gasteiger partial charge on any atom is 0.282 e. The molecule has 0 aromatic carbocycles. The van der Waals surface area contributed by atoms with E-state index in [1.54, 1.807) is 18.5 Å². The first-order valence-electron chi connectivity index (χ1n) is 10.4. The second-order valence-corrected chi connectivity index (χ2v) is 7.48. The molecule has 0 spiro atoms. The van der Waals surface area contributed by atoms with Crippen LogP contribution in [0.15, 0.2) is 30.5 Å². The van der Waals surface area contributed by atoms with E-state index in [1.807, 2.05) is 32.0 Å². The molecule has 1 saturated heterocycles. The van der Waals surface area contributed by atoms with Crippen molar-refractivity contribution in [3.63, 3.8) is 0 Å². The van der Waals surface area contributed by atoms with Crippen molar-refractivity contribution in [1.29, 1.82) is 5.26 Å². The van der Waals surface area contributed by atoms with Gasteiger partial charge in [-0.05, 0) is 43.2 Å². The fourth-order valence-electron chi connectivity index (χ4n) is 3.61. The molecule has 162 valence electrons. The predicted octanol–water partition coefficient (Wildman–Crippen LogP) is 2.06. The lowest BCUT2D eigenvalue weighted by molar-refractivity contribution is -0.116. The summed E-state index contributed by atoms with van der Waals surface area (Å²) >= 11 is 0. The highest BCUT2D eigenvalue weighted by molar-refractivity contribution is 5.93. The van der Waals surface area contributed by atoms with Crippen molar-refractivity contribution < 1.29 is 9.59 Å². The quantitative estimate of drug-likeness (QED) is 0.519. The molecule has 1 aliphatic rings. The van der Waals surface area contributed by atoms with E-state index in [9.17, 15) is 9.59 Å². The number of nitrogens with one attached hydrogen (secondary N) is 2. The molecule has 9 nitrogen and oxygen atoms in total. The summed E-state index contributed by atoms with van der Waals surface area (Å²) < 4.78 is 0. The maximum absolute atomic E-state index is 11.8. The highest BCUT2D eigenvalue weighted by Crippen LogP contribution is 2.21. The fourth-order valence-corrected chi connectivity index (χ4v) is 3.61. The zero-order valence-corrected chi connectivity index (χ0v) is 17.9. The molecular weight excluding hydrogens is 394 g/mol. The highest BCUT2D eigenvalue weighted by atomic mass is 16.2. The van der Waals surface area contributed by atoms with Crippen LogP contribution in [0.2, 0.25) is 0 Å². The van der Waals surface area contributed by atoms with Crippen LogP contribution in [0.3, 0.4) is 0 Å². The summed E-state index contributed by atoms with van der Waals surface area (Å²) in [5.41, 5.74) is 3.11. The van der Waals surface area contributed by atoms with Crippen LogP contribution < -0.4 is 15.5 Å². The lowest BCUT2D eigenvalue weighted by atomic mass is 10.2. The minimum Gasteiger partial charge on any atom is -0.368 e. The third kappa shape index (κ3) is 5.99. The topological polar surface area (TPSA) is 114 Å². The first kappa shape index (κ1) is 22.2. The van der Waals surface area contributed by atoms with Gasteiger partial charge in [0, 0.05) is 45.3 Å². The van der Waals surface area contributed by atoms with Crippen molar-refractivity contribution in [3.8, 4) is 6.19 Å². The van der Waals surface area contributed by atoms with Crippen LogP contribution in [0.4, 0.5) is 11.5 Å². The third-order valence-electron chi connectivity index (χ3n) is 5.15. The van der Waals surface area contributed by atoms with Crippen LogP contribution in [-0.2, 0) is 11.3 Å². The van der Waals surface area contributed by atoms with Crippen LogP contribution in [0.5, 0.6) is 0 Å². The Morgan fingerprint density at radius 3 is 2.65 bits per heavy atom. The summed E-state index contributed by atoms with van der Waals surface area (Å²) in [6.45, 7) is 8.09. The number of aromatic nitrogens is 2. The SMILES string of the molecule is CCCC(=O)Nc1cc(CN2CCN(c3ccc(C(=O)NC#N)nc3C)CC2)ccn1. The van der Waals surface area contributed by atoms with E-state index in [0.717, 1.165) is 56.1 Å². The van der Waals surface area contributed by atoms with E-state index in [0.29, 0.717) is 12.2 Å². The summed E-state index contributed by atoms with van der Waals surface area (Å²) in [7, 11) is 0. The minimum atomic E-state index is -0.496. The smallest absolute Gasteiger partial charge is 0.282 e. The molecule has 1 fully saturated rings. The zero-order chi connectivity index (χ0) is 22.2. The van der Waals surface area contributed by atoms with Crippen LogP contribution in [0, 0.1) is 18.4 Å². The van der Waals surface area contributed by atoms with Gasteiger partial charge in [0.05, 0.1) is 11.4 Å². The number of amides is 2. The number of rotatable bonds is 7. The molecule has 0 bridgehead atoms. The largest absolute Gasteiger partial charge is 0.368 e. The highest BCUT2D eigenvalue weighted by Gasteiger charge is 2.20. The molecule has 2 aromatic rings. The van der Waals surface area contributed by atoms with Gasteiger partial charge < -0.3 is 10.2 Å². The Morgan fingerprint density at radius 1 is 1.19 bits per heavy atom. The molecule has 2 aromatic heterocycles. The number of nitrogens with zero attached hydrogens (tertiary/aromatic N) is 5. The van der Waals surface area contributed by atoms with Crippen molar-refractivity contribution >= 4 is 23.3 Å². The molecule has 0 atom stereocenters. The molecule has 9 heteroatoms. The molecular formula is C22H27N7O2. The van der Waals surface area contributed by atoms with Crippen LogP contribution in [0.25, 0.3) is 0 Å². The number of anilines is 2. The summed E-state index contributed by atoms with van der Waals surface area (Å²) in [6.07, 6.45) is 4.65. The molecule has 3 rings (SSSR count). The average Bonchev–Trinajstić information content (AvgIpc) is 2.75. The van der Waals surface area contributed by atoms with E-state index >= 15 is 0 Å². The van der Waals surface area contributed by atoms with Gasteiger partial charge >= 0.3 is 0 Å². The maximum atomic E-state index is 11.8. The number of carbonyl (C=O) groups is 2. The van der Waals surface area contributed by atoms with Crippen molar-refractivity contribution in [2.75, 3.05) is 36.4 Å². The van der Waals surface area contributed by atoms with Gasteiger partial charge in [0.25, 0.3) is 5.91 Å². The number of nitriles is 1. The van der Waals surface area contributed by atoms with Crippen molar-refractivity contribution in [2.24, 2.45) is 0 Å². The Morgan fingerprint density at radius 2 is 1.97 bits per heavy atom. The van der Waals surface area contributed by atoms with Crippen LogP contribution in [0.1, 0.15) is 41.5 Å². The number of pyridine rings is 2. The number of piperazine rings is 1. The van der Waals surface area contributed by atoms with Gasteiger partial charge in [-0.15, -0.1) is 0 Å². The van der Waals surface area contributed by atoms with E-state index in [4.69, 9.17) is 5.26 Å². The predicted molar refractivity (Wildman–Crippen MR) is 117 cm³/mol. The molecule has 31 heavy (non-hydrogen) atoms.